The molecule has 16 heavy (non-hydrogen) atoms. The lowest BCUT2D eigenvalue weighted by atomic mass is 10.1. The third-order valence-electron chi connectivity index (χ3n) is 3.10. The number of nitrogens with zero attached hydrogens (tertiary/aromatic N) is 2. The number of aromatic nitrogens is 2. The minimum Gasteiger partial charge on any atom is -0.334 e. The SMILES string of the molecule is Cc1nccn1CCNC1CCS(=O)CC1. The molecule has 1 N–H and O–H groups in total. The molecule has 0 aliphatic carbocycles. The molecule has 4 nitrogen and oxygen atoms in total. The zero-order valence-corrected chi connectivity index (χ0v) is 10.5. The Hall–Kier alpha value is -0.680. The van der Waals surface area contributed by atoms with E-state index < -0.39 is 10.8 Å². The van der Waals surface area contributed by atoms with Crippen LogP contribution in [-0.4, -0.2) is 37.9 Å². The summed E-state index contributed by atoms with van der Waals surface area (Å²) < 4.78 is 13.3. The number of nitrogens with one attached hydrogen (secondary N) is 1. The van der Waals surface area contributed by atoms with Gasteiger partial charge in [0.25, 0.3) is 0 Å². The van der Waals surface area contributed by atoms with Gasteiger partial charge >= 0.3 is 0 Å². The summed E-state index contributed by atoms with van der Waals surface area (Å²) >= 11 is 0. The van der Waals surface area contributed by atoms with Gasteiger partial charge in [-0.3, -0.25) is 4.21 Å². The van der Waals surface area contributed by atoms with E-state index in [1.807, 2.05) is 19.3 Å². The van der Waals surface area contributed by atoms with Crippen LogP contribution >= 0.6 is 0 Å². The summed E-state index contributed by atoms with van der Waals surface area (Å²) in [6.45, 7) is 3.95. The molecule has 1 aromatic rings. The minimum absolute atomic E-state index is 0.555. The first-order valence-electron chi connectivity index (χ1n) is 5.82. The predicted molar refractivity (Wildman–Crippen MR) is 65.9 cm³/mol. The van der Waals surface area contributed by atoms with Crippen LogP contribution in [0.4, 0.5) is 0 Å². The quantitative estimate of drug-likeness (QED) is 0.844. The minimum atomic E-state index is -0.555. The van der Waals surface area contributed by atoms with Crippen LogP contribution in [0, 0.1) is 6.92 Å². The fourth-order valence-corrected chi connectivity index (χ4v) is 3.33. The summed E-state index contributed by atoms with van der Waals surface area (Å²) in [5.41, 5.74) is 0. The molecule has 2 rings (SSSR count). The number of hydrogen-bond donors (Lipinski definition) is 1. The van der Waals surface area contributed by atoms with Crippen LogP contribution in [0.5, 0.6) is 0 Å². The third-order valence-corrected chi connectivity index (χ3v) is 4.48. The van der Waals surface area contributed by atoms with E-state index in [4.69, 9.17) is 0 Å². The zero-order valence-electron chi connectivity index (χ0n) is 9.69. The first-order valence-corrected chi connectivity index (χ1v) is 7.30. The molecule has 0 unspecified atom stereocenters. The van der Waals surface area contributed by atoms with Gasteiger partial charge in [-0.1, -0.05) is 0 Å². The molecule has 0 bridgehead atoms. The molecule has 1 aliphatic rings. The summed E-state index contributed by atoms with van der Waals surface area (Å²) in [5, 5.41) is 3.52. The topological polar surface area (TPSA) is 46.9 Å². The van der Waals surface area contributed by atoms with Crippen molar-refractivity contribution in [2.24, 2.45) is 0 Å². The fourth-order valence-electron chi connectivity index (χ4n) is 2.03. The average molecular weight is 241 g/mol. The summed E-state index contributed by atoms with van der Waals surface area (Å²) in [7, 11) is -0.555. The van der Waals surface area contributed by atoms with E-state index in [2.05, 4.69) is 14.9 Å². The van der Waals surface area contributed by atoms with Crippen LogP contribution < -0.4 is 5.32 Å². The van der Waals surface area contributed by atoms with Crippen molar-refractivity contribution in [3.05, 3.63) is 18.2 Å². The lowest BCUT2D eigenvalue weighted by molar-refractivity contribution is 0.457. The Balaban J connectivity index is 1.68. The molecule has 0 spiro atoms. The first-order chi connectivity index (χ1) is 7.75. The second kappa shape index (κ2) is 5.59. The van der Waals surface area contributed by atoms with Crippen molar-refractivity contribution < 1.29 is 4.21 Å². The average Bonchev–Trinajstić information content (AvgIpc) is 2.68. The van der Waals surface area contributed by atoms with E-state index in [1.165, 1.54) is 0 Å². The Kier molecular flexibility index (Phi) is 4.12. The van der Waals surface area contributed by atoms with E-state index in [9.17, 15) is 4.21 Å². The Bertz CT molecular complexity index is 354. The van der Waals surface area contributed by atoms with Crippen molar-refractivity contribution in [2.45, 2.75) is 32.4 Å². The van der Waals surface area contributed by atoms with E-state index in [1.54, 1.807) is 0 Å². The molecule has 1 aromatic heterocycles. The lowest BCUT2D eigenvalue weighted by Crippen LogP contribution is -2.37. The Morgan fingerprint density at radius 3 is 2.94 bits per heavy atom. The van der Waals surface area contributed by atoms with E-state index in [-0.39, 0.29) is 0 Å². The van der Waals surface area contributed by atoms with E-state index >= 15 is 0 Å². The van der Waals surface area contributed by atoms with E-state index in [0.29, 0.717) is 6.04 Å². The van der Waals surface area contributed by atoms with Gasteiger partial charge in [-0.15, -0.1) is 0 Å². The van der Waals surface area contributed by atoms with Gasteiger partial charge in [0.15, 0.2) is 0 Å². The van der Waals surface area contributed by atoms with Crippen LogP contribution in [0.3, 0.4) is 0 Å². The molecule has 2 heterocycles. The van der Waals surface area contributed by atoms with Crippen molar-refractivity contribution in [1.82, 2.24) is 14.9 Å². The van der Waals surface area contributed by atoms with Crippen molar-refractivity contribution in [2.75, 3.05) is 18.1 Å². The van der Waals surface area contributed by atoms with Gasteiger partial charge in [-0.2, -0.15) is 0 Å². The monoisotopic (exact) mass is 241 g/mol. The summed E-state index contributed by atoms with van der Waals surface area (Å²) in [6.07, 6.45) is 5.94. The molecule has 1 aliphatic heterocycles. The van der Waals surface area contributed by atoms with Gasteiger partial charge in [0.1, 0.15) is 5.82 Å². The molecule has 1 fully saturated rings. The molecule has 0 atom stereocenters. The van der Waals surface area contributed by atoms with E-state index in [0.717, 1.165) is 43.3 Å². The highest BCUT2D eigenvalue weighted by molar-refractivity contribution is 7.85. The van der Waals surface area contributed by atoms with Gasteiger partial charge in [-0.25, -0.2) is 4.98 Å². The highest BCUT2D eigenvalue weighted by Gasteiger charge is 2.16. The zero-order chi connectivity index (χ0) is 11.4. The first kappa shape index (κ1) is 11.8. The number of aryl methyl sites for hydroxylation is 1. The van der Waals surface area contributed by atoms with Crippen molar-refractivity contribution in [1.29, 1.82) is 0 Å². The Labute approximate surface area is 98.9 Å². The van der Waals surface area contributed by atoms with Crippen molar-refractivity contribution in [3.63, 3.8) is 0 Å². The maximum atomic E-state index is 11.2. The van der Waals surface area contributed by atoms with Crippen LogP contribution in [0.1, 0.15) is 18.7 Å². The van der Waals surface area contributed by atoms with Crippen LogP contribution in [-0.2, 0) is 17.3 Å². The smallest absolute Gasteiger partial charge is 0.105 e. The maximum absolute atomic E-state index is 11.2. The molecule has 0 radical (unpaired) electrons. The second-order valence-electron chi connectivity index (χ2n) is 4.24. The summed E-state index contributed by atoms with van der Waals surface area (Å²) in [6, 6.07) is 0.557. The van der Waals surface area contributed by atoms with Gasteiger partial charge in [0.05, 0.1) is 0 Å². The van der Waals surface area contributed by atoms with Gasteiger partial charge < -0.3 is 9.88 Å². The molecule has 5 heteroatoms. The molecule has 90 valence electrons. The lowest BCUT2D eigenvalue weighted by Gasteiger charge is -2.22. The van der Waals surface area contributed by atoms with Crippen LogP contribution in [0.15, 0.2) is 12.4 Å². The maximum Gasteiger partial charge on any atom is 0.105 e. The summed E-state index contributed by atoms with van der Waals surface area (Å²) in [5.74, 6) is 2.79. The van der Waals surface area contributed by atoms with Crippen molar-refractivity contribution >= 4 is 10.8 Å². The van der Waals surface area contributed by atoms with Gasteiger partial charge in [0, 0.05) is 53.8 Å². The van der Waals surface area contributed by atoms with Gasteiger partial charge in [0.2, 0.25) is 0 Å². The number of rotatable bonds is 4. The second-order valence-corrected chi connectivity index (χ2v) is 5.94. The normalized spacial score (nSPS) is 25.8. The van der Waals surface area contributed by atoms with Crippen molar-refractivity contribution in [3.8, 4) is 0 Å². The molecule has 1 saturated heterocycles. The highest BCUT2D eigenvalue weighted by Crippen LogP contribution is 2.08. The predicted octanol–water partition coefficient (Wildman–Crippen LogP) is 0.692. The molecule has 0 aromatic carbocycles. The highest BCUT2D eigenvalue weighted by atomic mass is 32.2. The molecular formula is C11H19N3OS. The Morgan fingerprint density at radius 2 is 2.31 bits per heavy atom. The molecular weight excluding hydrogens is 222 g/mol. The standard InChI is InChI=1S/C11H19N3OS/c1-10-12-4-6-14(10)7-5-13-11-2-8-16(15)9-3-11/h4,6,11,13H,2-3,5,7-9H2,1H3. The molecule has 0 amide bonds. The number of imidazole rings is 1. The number of hydrogen-bond acceptors (Lipinski definition) is 3. The van der Waals surface area contributed by atoms with Gasteiger partial charge in [-0.05, 0) is 19.8 Å². The largest absolute Gasteiger partial charge is 0.334 e. The third kappa shape index (κ3) is 3.15. The fraction of sp³-hybridized carbons (Fsp3) is 0.727. The van der Waals surface area contributed by atoms with Crippen LogP contribution in [0.25, 0.3) is 0 Å². The summed E-state index contributed by atoms with van der Waals surface area (Å²) in [4.78, 5) is 4.19. The Morgan fingerprint density at radius 1 is 1.56 bits per heavy atom. The molecule has 0 saturated carbocycles. The van der Waals surface area contributed by atoms with Crippen LogP contribution in [0.2, 0.25) is 0 Å².